The molecule has 0 aliphatic rings. The molecule has 1 aromatic heterocycles. The monoisotopic (exact) mass is 342 g/mol. The van der Waals surface area contributed by atoms with E-state index in [2.05, 4.69) is 63.9 Å². The third-order valence-electron chi connectivity index (χ3n) is 2.54. The van der Waals surface area contributed by atoms with Crippen LogP contribution in [0.25, 0.3) is 0 Å². The highest BCUT2D eigenvalue weighted by Gasteiger charge is 2.16. The van der Waals surface area contributed by atoms with Gasteiger partial charge in [0.25, 0.3) is 0 Å². The first-order valence-corrected chi connectivity index (χ1v) is 6.75. The summed E-state index contributed by atoms with van der Waals surface area (Å²) in [5, 5.41) is 0. The Hall–Kier alpha value is -0.540. The number of aryl methyl sites for hydroxylation is 2. The summed E-state index contributed by atoms with van der Waals surface area (Å²) in [5.41, 5.74) is 3.79. The summed E-state index contributed by atoms with van der Waals surface area (Å²) in [7, 11) is 0. The average molecular weight is 344 g/mol. The highest BCUT2D eigenvalue weighted by atomic mass is 79.9. The van der Waals surface area contributed by atoms with Crippen LogP contribution in [0, 0.1) is 13.8 Å². The van der Waals surface area contributed by atoms with Crippen LogP contribution in [0.5, 0.6) is 0 Å². The molecule has 2 rings (SSSR count). The fourth-order valence-electron chi connectivity index (χ4n) is 1.73. The van der Waals surface area contributed by atoms with Gasteiger partial charge in [0.1, 0.15) is 5.76 Å². The van der Waals surface area contributed by atoms with E-state index in [1.165, 1.54) is 16.7 Å². The first-order chi connectivity index (χ1) is 7.58. The van der Waals surface area contributed by atoms with Crippen LogP contribution in [0.4, 0.5) is 0 Å². The highest BCUT2D eigenvalue weighted by Crippen LogP contribution is 2.34. The lowest BCUT2D eigenvalue weighted by atomic mass is 10.0. The van der Waals surface area contributed by atoms with Crippen molar-refractivity contribution in [3.8, 4) is 0 Å². The molecule has 0 saturated heterocycles. The van der Waals surface area contributed by atoms with Gasteiger partial charge in [-0.05, 0) is 53.0 Å². The van der Waals surface area contributed by atoms with Gasteiger partial charge < -0.3 is 4.42 Å². The van der Waals surface area contributed by atoms with Gasteiger partial charge in [0.05, 0.1) is 4.83 Å². The molecular weight excluding hydrogens is 332 g/mol. The average Bonchev–Trinajstić information content (AvgIpc) is 2.64. The topological polar surface area (TPSA) is 13.1 Å². The number of hydrogen-bond acceptors (Lipinski definition) is 1. The van der Waals surface area contributed by atoms with E-state index in [4.69, 9.17) is 4.42 Å². The summed E-state index contributed by atoms with van der Waals surface area (Å²) >= 11 is 6.98. The third kappa shape index (κ3) is 2.41. The zero-order valence-corrected chi connectivity index (χ0v) is 12.3. The molecule has 0 N–H and O–H groups in total. The second kappa shape index (κ2) is 4.76. The van der Waals surface area contributed by atoms with Crippen molar-refractivity contribution in [2.75, 3.05) is 0 Å². The summed E-state index contributed by atoms with van der Waals surface area (Å²) in [6, 6.07) is 10.3. The Morgan fingerprint density at radius 1 is 1.12 bits per heavy atom. The minimum Gasteiger partial charge on any atom is -0.453 e. The van der Waals surface area contributed by atoms with E-state index >= 15 is 0 Å². The smallest absolute Gasteiger partial charge is 0.169 e. The molecule has 0 amide bonds. The molecule has 1 unspecified atom stereocenters. The van der Waals surface area contributed by atoms with E-state index in [1.807, 2.05) is 12.1 Å². The molecule has 0 aliphatic carbocycles. The molecule has 0 spiro atoms. The third-order valence-corrected chi connectivity index (χ3v) is 3.91. The molecule has 1 heterocycles. The van der Waals surface area contributed by atoms with Crippen LogP contribution >= 0.6 is 31.9 Å². The molecule has 84 valence electrons. The summed E-state index contributed by atoms with van der Waals surface area (Å²) in [6.07, 6.45) is 0. The van der Waals surface area contributed by atoms with E-state index in [-0.39, 0.29) is 4.83 Å². The summed E-state index contributed by atoms with van der Waals surface area (Å²) in [5.74, 6) is 0.916. The zero-order chi connectivity index (χ0) is 11.7. The predicted octanol–water partition coefficient (Wildman–Crippen LogP) is 5.14. The van der Waals surface area contributed by atoms with Crippen LogP contribution in [0.1, 0.15) is 27.3 Å². The summed E-state index contributed by atoms with van der Waals surface area (Å²) < 4.78 is 6.32. The normalized spacial score (nSPS) is 12.8. The Labute approximate surface area is 112 Å². The van der Waals surface area contributed by atoms with Crippen LogP contribution in [0.15, 0.2) is 39.4 Å². The maximum absolute atomic E-state index is 5.55. The fraction of sp³-hybridized carbons (Fsp3) is 0.231. The number of furan rings is 1. The summed E-state index contributed by atoms with van der Waals surface area (Å²) in [6.45, 7) is 4.22. The van der Waals surface area contributed by atoms with Gasteiger partial charge in [-0.1, -0.05) is 39.7 Å². The van der Waals surface area contributed by atoms with Crippen molar-refractivity contribution in [2.45, 2.75) is 18.7 Å². The van der Waals surface area contributed by atoms with Gasteiger partial charge >= 0.3 is 0 Å². The van der Waals surface area contributed by atoms with Gasteiger partial charge in [-0.25, -0.2) is 0 Å². The summed E-state index contributed by atoms with van der Waals surface area (Å²) in [4.78, 5) is 0.111. The van der Waals surface area contributed by atoms with Gasteiger partial charge in [-0.15, -0.1) is 0 Å². The van der Waals surface area contributed by atoms with Crippen molar-refractivity contribution in [2.24, 2.45) is 0 Å². The Balaban J connectivity index is 2.37. The molecule has 2 aromatic rings. The molecule has 0 fully saturated rings. The Morgan fingerprint density at radius 2 is 1.88 bits per heavy atom. The van der Waals surface area contributed by atoms with Crippen LogP contribution in [0.3, 0.4) is 0 Å². The largest absolute Gasteiger partial charge is 0.453 e. The SMILES string of the molecule is Cc1ccc(C(Br)c2ccc(Br)o2)c(C)c1. The van der Waals surface area contributed by atoms with Gasteiger partial charge in [0, 0.05) is 0 Å². The number of rotatable bonds is 2. The van der Waals surface area contributed by atoms with Gasteiger partial charge in [-0.3, -0.25) is 0 Å². The van der Waals surface area contributed by atoms with Crippen molar-refractivity contribution >= 4 is 31.9 Å². The Kier molecular flexibility index (Phi) is 3.55. The standard InChI is InChI=1S/C13H12Br2O/c1-8-3-4-10(9(2)7-8)13(15)11-5-6-12(14)16-11/h3-7,13H,1-2H3. The highest BCUT2D eigenvalue weighted by molar-refractivity contribution is 9.10. The minimum atomic E-state index is 0.111. The molecule has 0 saturated carbocycles. The maximum atomic E-state index is 5.55. The predicted molar refractivity (Wildman–Crippen MR) is 73.1 cm³/mol. The number of hydrogen-bond donors (Lipinski definition) is 0. The van der Waals surface area contributed by atoms with Crippen LogP contribution in [-0.2, 0) is 0 Å². The molecule has 0 aliphatic heterocycles. The Morgan fingerprint density at radius 3 is 2.44 bits per heavy atom. The molecule has 1 aromatic carbocycles. The number of benzene rings is 1. The lowest BCUT2D eigenvalue weighted by Crippen LogP contribution is -1.94. The van der Waals surface area contributed by atoms with Gasteiger partial charge in [0.15, 0.2) is 4.67 Å². The van der Waals surface area contributed by atoms with Crippen molar-refractivity contribution < 1.29 is 4.42 Å². The lowest BCUT2D eigenvalue weighted by Gasteiger charge is -2.11. The van der Waals surface area contributed by atoms with Crippen molar-refractivity contribution in [3.05, 3.63) is 57.5 Å². The molecule has 1 atom stereocenters. The van der Waals surface area contributed by atoms with Crippen LogP contribution in [-0.4, -0.2) is 0 Å². The van der Waals surface area contributed by atoms with E-state index < -0.39 is 0 Å². The first kappa shape index (κ1) is 11.9. The van der Waals surface area contributed by atoms with Crippen LogP contribution < -0.4 is 0 Å². The van der Waals surface area contributed by atoms with E-state index in [9.17, 15) is 0 Å². The minimum absolute atomic E-state index is 0.111. The second-order valence-electron chi connectivity index (χ2n) is 3.86. The number of alkyl halides is 1. The van der Waals surface area contributed by atoms with Gasteiger partial charge in [0.2, 0.25) is 0 Å². The first-order valence-electron chi connectivity index (χ1n) is 5.04. The quantitative estimate of drug-likeness (QED) is 0.688. The lowest BCUT2D eigenvalue weighted by molar-refractivity contribution is 0.497. The van der Waals surface area contributed by atoms with Gasteiger partial charge in [-0.2, -0.15) is 0 Å². The van der Waals surface area contributed by atoms with E-state index in [0.717, 1.165) is 10.4 Å². The maximum Gasteiger partial charge on any atom is 0.169 e. The molecule has 1 nitrogen and oxygen atoms in total. The molecule has 0 bridgehead atoms. The zero-order valence-electron chi connectivity index (χ0n) is 9.13. The van der Waals surface area contributed by atoms with Crippen molar-refractivity contribution in [3.63, 3.8) is 0 Å². The van der Waals surface area contributed by atoms with Crippen molar-refractivity contribution in [1.82, 2.24) is 0 Å². The molecular formula is C13H12Br2O. The Bertz CT molecular complexity index is 502. The molecule has 16 heavy (non-hydrogen) atoms. The van der Waals surface area contributed by atoms with Crippen LogP contribution in [0.2, 0.25) is 0 Å². The second-order valence-corrected chi connectivity index (χ2v) is 5.56. The van der Waals surface area contributed by atoms with E-state index in [1.54, 1.807) is 0 Å². The molecule has 0 radical (unpaired) electrons. The fourth-order valence-corrected chi connectivity index (χ4v) is 2.81. The van der Waals surface area contributed by atoms with E-state index in [0.29, 0.717) is 0 Å². The number of halogens is 2. The molecule has 3 heteroatoms. The van der Waals surface area contributed by atoms with Crippen molar-refractivity contribution in [1.29, 1.82) is 0 Å².